The summed E-state index contributed by atoms with van der Waals surface area (Å²) in [6.07, 6.45) is 2.50. The van der Waals surface area contributed by atoms with Crippen molar-refractivity contribution in [2.75, 3.05) is 25.0 Å². The topological polar surface area (TPSA) is 69.6 Å². The van der Waals surface area contributed by atoms with Crippen molar-refractivity contribution < 1.29 is 19.1 Å². The fourth-order valence-electron chi connectivity index (χ4n) is 3.85. The third-order valence-electron chi connectivity index (χ3n) is 4.94. The van der Waals surface area contributed by atoms with Crippen LogP contribution in [-0.4, -0.2) is 41.5 Å². The van der Waals surface area contributed by atoms with Crippen LogP contribution in [0.25, 0.3) is 0 Å². The first-order valence-corrected chi connectivity index (χ1v) is 8.41. The number of aliphatic carboxylic acids is 1. The minimum Gasteiger partial charge on any atom is -0.481 e. The van der Waals surface area contributed by atoms with E-state index in [9.17, 15) is 19.1 Å². The van der Waals surface area contributed by atoms with Gasteiger partial charge in [0, 0.05) is 17.6 Å². The molecule has 1 aliphatic carbocycles. The minimum absolute atomic E-state index is 0.0844. The Morgan fingerprint density at radius 1 is 1.48 bits per heavy atom. The Balaban J connectivity index is 1.62. The van der Waals surface area contributed by atoms with Gasteiger partial charge in [-0.05, 0) is 37.0 Å². The zero-order valence-electron chi connectivity index (χ0n) is 12.5. The average Bonchev–Trinajstić information content (AvgIpc) is 2.99. The van der Waals surface area contributed by atoms with Crippen LogP contribution in [0.5, 0.6) is 0 Å². The van der Waals surface area contributed by atoms with Gasteiger partial charge >= 0.3 is 5.97 Å². The highest BCUT2D eigenvalue weighted by molar-refractivity contribution is 9.10. The van der Waals surface area contributed by atoms with Gasteiger partial charge in [0.25, 0.3) is 0 Å². The van der Waals surface area contributed by atoms with Gasteiger partial charge in [-0.3, -0.25) is 14.5 Å². The third-order valence-corrected chi connectivity index (χ3v) is 5.43. The molecule has 23 heavy (non-hydrogen) atoms. The van der Waals surface area contributed by atoms with Gasteiger partial charge < -0.3 is 10.4 Å². The molecule has 1 heterocycles. The molecule has 1 saturated heterocycles. The zero-order chi connectivity index (χ0) is 16.6. The summed E-state index contributed by atoms with van der Waals surface area (Å²) < 4.78 is 14.3. The number of amides is 1. The van der Waals surface area contributed by atoms with Crippen LogP contribution in [-0.2, 0) is 9.59 Å². The number of anilines is 1. The second kappa shape index (κ2) is 6.20. The number of hydrogen-bond donors (Lipinski definition) is 2. The minimum atomic E-state index is -0.762. The summed E-state index contributed by atoms with van der Waals surface area (Å²) in [5, 5.41) is 12.1. The van der Waals surface area contributed by atoms with Crippen molar-refractivity contribution in [1.29, 1.82) is 0 Å². The first kappa shape index (κ1) is 16.4. The maximum Gasteiger partial charge on any atom is 0.311 e. The number of nitrogens with one attached hydrogen (secondary N) is 1. The highest BCUT2D eigenvalue weighted by Gasteiger charge is 2.54. The van der Waals surface area contributed by atoms with Crippen LogP contribution in [0.15, 0.2) is 22.7 Å². The van der Waals surface area contributed by atoms with Crippen LogP contribution in [0.3, 0.4) is 0 Å². The molecule has 0 spiro atoms. The van der Waals surface area contributed by atoms with Crippen molar-refractivity contribution in [3.63, 3.8) is 0 Å². The molecule has 0 unspecified atom stereocenters. The van der Waals surface area contributed by atoms with Crippen molar-refractivity contribution in [2.45, 2.75) is 19.3 Å². The summed E-state index contributed by atoms with van der Waals surface area (Å²) in [7, 11) is 0. The molecular weight excluding hydrogens is 367 g/mol. The van der Waals surface area contributed by atoms with Gasteiger partial charge in [0.2, 0.25) is 5.91 Å². The van der Waals surface area contributed by atoms with E-state index in [4.69, 9.17) is 0 Å². The van der Waals surface area contributed by atoms with Gasteiger partial charge in [0.1, 0.15) is 5.82 Å². The van der Waals surface area contributed by atoms with E-state index in [0.29, 0.717) is 24.0 Å². The molecule has 0 aromatic heterocycles. The van der Waals surface area contributed by atoms with Gasteiger partial charge in [0.05, 0.1) is 17.6 Å². The standard InChI is InChI=1S/C16H18BrFN2O3/c17-11-3-4-13(12(18)6-11)19-14(21)8-20-7-10-2-1-5-16(10,9-20)15(22)23/h3-4,6,10H,1-2,5,7-9H2,(H,19,21)(H,22,23)/t10-,16+/m0/s1. The Kier molecular flexibility index (Phi) is 4.42. The number of hydrogen-bond acceptors (Lipinski definition) is 3. The largest absolute Gasteiger partial charge is 0.481 e. The molecule has 7 heteroatoms. The van der Waals surface area contributed by atoms with Crippen LogP contribution in [0.2, 0.25) is 0 Å². The molecule has 2 N–H and O–H groups in total. The first-order valence-electron chi connectivity index (χ1n) is 7.61. The molecule has 3 rings (SSSR count). The molecule has 1 aliphatic heterocycles. The van der Waals surface area contributed by atoms with E-state index in [1.54, 1.807) is 6.07 Å². The molecule has 2 fully saturated rings. The van der Waals surface area contributed by atoms with Gasteiger partial charge in [-0.15, -0.1) is 0 Å². The molecular formula is C16H18BrFN2O3. The summed E-state index contributed by atoms with van der Waals surface area (Å²) in [6.45, 7) is 1.09. The quantitative estimate of drug-likeness (QED) is 0.837. The maximum atomic E-state index is 13.7. The molecule has 0 radical (unpaired) electrons. The fourth-order valence-corrected chi connectivity index (χ4v) is 4.18. The van der Waals surface area contributed by atoms with Crippen LogP contribution in [0.4, 0.5) is 10.1 Å². The molecule has 1 amide bonds. The second-order valence-corrected chi connectivity index (χ2v) is 7.31. The molecule has 1 aromatic carbocycles. The predicted molar refractivity (Wildman–Crippen MR) is 86.6 cm³/mol. The van der Waals surface area contributed by atoms with Gasteiger partial charge in [0.15, 0.2) is 0 Å². The molecule has 2 atom stereocenters. The lowest BCUT2D eigenvalue weighted by Crippen LogP contribution is -2.37. The zero-order valence-corrected chi connectivity index (χ0v) is 14.1. The number of carbonyl (C=O) groups excluding carboxylic acids is 1. The van der Waals surface area contributed by atoms with Crippen LogP contribution in [0, 0.1) is 17.2 Å². The Hall–Kier alpha value is -1.47. The maximum absolute atomic E-state index is 13.7. The lowest BCUT2D eigenvalue weighted by atomic mass is 9.81. The Bertz CT molecular complexity index is 654. The Morgan fingerprint density at radius 3 is 2.91 bits per heavy atom. The van der Waals surface area contributed by atoms with Crippen molar-refractivity contribution in [3.05, 3.63) is 28.5 Å². The van der Waals surface area contributed by atoms with Crippen molar-refractivity contribution >= 4 is 33.5 Å². The summed E-state index contributed by atoms with van der Waals surface area (Å²) in [5.74, 6) is -1.49. The number of fused-ring (bicyclic) bond motifs is 1. The average molecular weight is 385 g/mol. The van der Waals surface area contributed by atoms with E-state index in [1.807, 2.05) is 4.90 Å². The van der Waals surface area contributed by atoms with Crippen LogP contribution >= 0.6 is 15.9 Å². The van der Waals surface area contributed by atoms with Crippen LogP contribution < -0.4 is 5.32 Å². The monoisotopic (exact) mass is 384 g/mol. The van der Waals surface area contributed by atoms with Gasteiger partial charge in [-0.1, -0.05) is 22.4 Å². The lowest BCUT2D eigenvalue weighted by molar-refractivity contribution is -0.149. The number of likely N-dealkylation sites (tertiary alicyclic amines) is 1. The van der Waals surface area contributed by atoms with E-state index in [2.05, 4.69) is 21.2 Å². The second-order valence-electron chi connectivity index (χ2n) is 6.39. The smallest absolute Gasteiger partial charge is 0.311 e. The van der Waals surface area contributed by atoms with Gasteiger partial charge in [-0.25, -0.2) is 4.39 Å². The summed E-state index contributed by atoms with van der Waals surface area (Å²) in [5.41, 5.74) is -0.575. The number of carbonyl (C=O) groups is 2. The number of carboxylic acid groups (broad SMARTS) is 1. The lowest BCUT2D eigenvalue weighted by Gasteiger charge is -2.23. The summed E-state index contributed by atoms with van der Waals surface area (Å²) in [6, 6.07) is 4.43. The summed E-state index contributed by atoms with van der Waals surface area (Å²) in [4.78, 5) is 25.6. The third kappa shape index (κ3) is 3.12. The number of halogens is 2. The summed E-state index contributed by atoms with van der Waals surface area (Å²) >= 11 is 3.16. The number of nitrogens with zero attached hydrogens (tertiary/aromatic N) is 1. The van der Waals surface area contributed by atoms with Crippen molar-refractivity contribution in [1.82, 2.24) is 4.90 Å². The number of rotatable bonds is 4. The molecule has 5 nitrogen and oxygen atoms in total. The first-order chi connectivity index (χ1) is 10.9. The number of benzene rings is 1. The van der Waals surface area contributed by atoms with Crippen LogP contribution in [0.1, 0.15) is 19.3 Å². The van der Waals surface area contributed by atoms with E-state index in [1.165, 1.54) is 12.1 Å². The highest BCUT2D eigenvalue weighted by Crippen LogP contribution is 2.48. The number of carboxylic acids is 1. The van der Waals surface area contributed by atoms with E-state index < -0.39 is 17.2 Å². The van der Waals surface area contributed by atoms with Gasteiger partial charge in [-0.2, -0.15) is 0 Å². The highest BCUT2D eigenvalue weighted by atomic mass is 79.9. The fraction of sp³-hybridized carbons (Fsp3) is 0.500. The molecule has 1 aromatic rings. The Labute approximate surface area is 142 Å². The molecule has 0 bridgehead atoms. The van der Waals surface area contributed by atoms with Crippen molar-refractivity contribution in [3.8, 4) is 0 Å². The van der Waals surface area contributed by atoms with E-state index in [0.717, 1.165) is 12.8 Å². The predicted octanol–water partition coefficient (Wildman–Crippen LogP) is 2.71. The molecule has 1 saturated carbocycles. The van der Waals surface area contributed by atoms with E-state index >= 15 is 0 Å². The Morgan fingerprint density at radius 2 is 2.26 bits per heavy atom. The normalized spacial score (nSPS) is 27.0. The SMILES string of the molecule is O=C(CN1C[C@@H]2CCC[C@@]2(C(=O)O)C1)Nc1ccc(Br)cc1F. The van der Waals surface area contributed by atoms with Crippen molar-refractivity contribution in [2.24, 2.45) is 11.3 Å². The molecule has 2 aliphatic rings. The van der Waals surface area contributed by atoms with E-state index in [-0.39, 0.29) is 24.1 Å². The molecule has 124 valence electrons.